The molecule has 0 atom stereocenters. The zero-order chi connectivity index (χ0) is 19.3. The second-order valence-electron chi connectivity index (χ2n) is 6.48. The number of hydrogen-bond acceptors (Lipinski definition) is 6. The van der Waals surface area contributed by atoms with Gasteiger partial charge in [-0.1, -0.05) is 18.2 Å². The van der Waals surface area contributed by atoms with Crippen molar-refractivity contribution in [1.29, 1.82) is 0 Å². The average molecular weight is 389 g/mol. The number of carbonyl (C=O) groups is 1. The summed E-state index contributed by atoms with van der Waals surface area (Å²) in [5.41, 5.74) is 0.343. The number of hydrogen-bond donors (Lipinski definition) is 0. The SMILES string of the molecule is CC(C)(Oc1ccc(OCCc2coc(-c3ccccc3)n2)cc1)C(=O)[O-].[Na+]. The van der Waals surface area contributed by atoms with E-state index in [1.165, 1.54) is 13.8 Å². The van der Waals surface area contributed by atoms with Crippen LogP contribution in [0, 0.1) is 0 Å². The summed E-state index contributed by atoms with van der Waals surface area (Å²) in [4.78, 5) is 15.4. The molecule has 0 unspecified atom stereocenters. The van der Waals surface area contributed by atoms with E-state index in [-0.39, 0.29) is 29.6 Å². The minimum absolute atomic E-state index is 0. The topological polar surface area (TPSA) is 84.6 Å². The van der Waals surface area contributed by atoms with E-state index in [1.807, 2.05) is 30.3 Å². The third-order valence-electron chi connectivity index (χ3n) is 3.89. The van der Waals surface area contributed by atoms with Crippen LogP contribution in [0.5, 0.6) is 11.5 Å². The average Bonchev–Trinajstić information content (AvgIpc) is 3.12. The number of nitrogens with zero attached hydrogens (tertiary/aromatic N) is 1. The number of aliphatic carboxylic acids is 1. The maximum Gasteiger partial charge on any atom is 1.00 e. The Morgan fingerprint density at radius 3 is 2.36 bits per heavy atom. The van der Waals surface area contributed by atoms with E-state index in [1.54, 1.807) is 30.5 Å². The second kappa shape index (κ2) is 9.78. The summed E-state index contributed by atoms with van der Waals surface area (Å²) in [5, 5.41) is 11.0. The van der Waals surface area contributed by atoms with E-state index in [0.717, 1.165) is 11.3 Å². The summed E-state index contributed by atoms with van der Waals surface area (Å²) < 4.78 is 16.6. The van der Waals surface area contributed by atoms with Crippen molar-refractivity contribution in [1.82, 2.24) is 4.98 Å². The van der Waals surface area contributed by atoms with Crippen molar-refractivity contribution in [3.05, 3.63) is 66.6 Å². The van der Waals surface area contributed by atoms with Crippen molar-refractivity contribution in [3.63, 3.8) is 0 Å². The van der Waals surface area contributed by atoms with E-state index >= 15 is 0 Å². The van der Waals surface area contributed by atoms with Gasteiger partial charge in [0.05, 0.1) is 18.3 Å². The normalized spacial score (nSPS) is 10.8. The van der Waals surface area contributed by atoms with E-state index in [9.17, 15) is 9.90 Å². The molecular weight excluding hydrogens is 369 g/mol. The molecule has 7 heteroatoms. The molecule has 0 bridgehead atoms. The molecule has 2 aromatic carbocycles. The number of ether oxygens (including phenoxy) is 2. The van der Waals surface area contributed by atoms with Crippen molar-refractivity contribution < 1.29 is 53.3 Å². The van der Waals surface area contributed by atoms with Gasteiger partial charge >= 0.3 is 29.6 Å². The van der Waals surface area contributed by atoms with Crippen LogP contribution in [0.2, 0.25) is 0 Å². The Hall–Kier alpha value is -2.28. The molecule has 0 aliphatic heterocycles. The molecular formula is C21H20NNaO5. The fourth-order valence-electron chi connectivity index (χ4n) is 2.35. The molecule has 0 N–H and O–H groups in total. The third kappa shape index (κ3) is 5.86. The van der Waals surface area contributed by atoms with Crippen LogP contribution in [0.3, 0.4) is 0 Å². The number of aromatic nitrogens is 1. The predicted molar refractivity (Wildman–Crippen MR) is 97.3 cm³/mol. The van der Waals surface area contributed by atoms with Gasteiger partial charge < -0.3 is 23.8 Å². The Morgan fingerprint density at radius 1 is 1.07 bits per heavy atom. The van der Waals surface area contributed by atoms with Crippen LogP contribution in [0.15, 0.2) is 65.3 Å². The van der Waals surface area contributed by atoms with Gasteiger partial charge in [0.25, 0.3) is 0 Å². The van der Waals surface area contributed by atoms with Crippen LogP contribution >= 0.6 is 0 Å². The zero-order valence-corrected chi connectivity index (χ0v) is 18.2. The minimum Gasteiger partial charge on any atom is -0.546 e. The van der Waals surface area contributed by atoms with Gasteiger partial charge in [-0.2, -0.15) is 0 Å². The first-order chi connectivity index (χ1) is 12.9. The summed E-state index contributed by atoms with van der Waals surface area (Å²) in [7, 11) is 0. The Balaban J connectivity index is 0.00000280. The molecule has 0 amide bonds. The fraction of sp³-hybridized carbons (Fsp3) is 0.238. The van der Waals surface area contributed by atoms with Crippen LogP contribution in [0.1, 0.15) is 19.5 Å². The molecule has 6 nitrogen and oxygen atoms in total. The summed E-state index contributed by atoms with van der Waals surface area (Å²) in [6.07, 6.45) is 2.23. The van der Waals surface area contributed by atoms with Crippen LogP contribution in [-0.2, 0) is 11.2 Å². The fourth-order valence-corrected chi connectivity index (χ4v) is 2.35. The van der Waals surface area contributed by atoms with E-state index in [2.05, 4.69) is 4.98 Å². The standard InChI is InChI=1S/C21H21NO5.Na/c1-21(2,20(23)24)27-18-10-8-17(9-11-18)25-13-12-16-14-26-19(22-16)15-6-4-3-5-7-15;/h3-11,14H,12-13H2,1-2H3,(H,23,24);/q;+1/p-1. The van der Waals surface area contributed by atoms with Gasteiger partial charge in [0.2, 0.25) is 5.89 Å². The molecule has 0 saturated carbocycles. The van der Waals surface area contributed by atoms with Crippen LogP contribution in [0.4, 0.5) is 0 Å². The number of oxazole rings is 1. The van der Waals surface area contributed by atoms with Gasteiger partial charge in [0, 0.05) is 12.0 Å². The van der Waals surface area contributed by atoms with Gasteiger partial charge in [-0.15, -0.1) is 0 Å². The van der Waals surface area contributed by atoms with Gasteiger partial charge in [0.15, 0.2) is 0 Å². The number of carbonyl (C=O) groups excluding carboxylic acids is 1. The van der Waals surface area contributed by atoms with Gasteiger partial charge in [-0.05, 0) is 50.2 Å². The van der Waals surface area contributed by atoms with E-state index in [0.29, 0.717) is 30.4 Å². The van der Waals surface area contributed by atoms with Crippen LogP contribution in [0.25, 0.3) is 11.5 Å². The van der Waals surface area contributed by atoms with Gasteiger partial charge in [-0.25, -0.2) is 4.98 Å². The zero-order valence-electron chi connectivity index (χ0n) is 16.2. The Morgan fingerprint density at radius 2 is 1.71 bits per heavy atom. The molecule has 140 valence electrons. The first-order valence-corrected chi connectivity index (χ1v) is 8.57. The molecule has 0 fully saturated rings. The second-order valence-corrected chi connectivity index (χ2v) is 6.48. The first-order valence-electron chi connectivity index (χ1n) is 8.57. The maximum absolute atomic E-state index is 11.0. The summed E-state index contributed by atoms with van der Waals surface area (Å²) in [6.45, 7) is 3.31. The molecule has 0 aliphatic rings. The molecule has 0 spiro atoms. The number of carboxylic acid groups (broad SMARTS) is 1. The van der Waals surface area contributed by atoms with Crippen molar-refractivity contribution in [2.75, 3.05) is 6.61 Å². The molecule has 28 heavy (non-hydrogen) atoms. The van der Waals surface area contributed by atoms with Crippen LogP contribution in [-0.4, -0.2) is 23.2 Å². The quantitative estimate of drug-likeness (QED) is 0.499. The monoisotopic (exact) mass is 389 g/mol. The van der Waals surface area contributed by atoms with Crippen molar-refractivity contribution in [2.45, 2.75) is 25.9 Å². The Labute approximate surface area is 185 Å². The Bertz CT molecular complexity index is 891. The smallest absolute Gasteiger partial charge is 0.546 e. The molecule has 3 rings (SSSR count). The number of carboxylic acids is 1. The number of benzene rings is 2. The minimum atomic E-state index is -1.40. The van der Waals surface area contributed by atoms with E-state index in [4.69, 9.17) is 13.9 Å². The van der Waals surface area contributed by atoms with Crippen molar-refractivity contribution >= 4 is 5.97 Å². The van der Waals surface area contributed by atoms with Crippen molar-refractivity contribution in [3.8, 4) is 23.0 Å². The molecule has 1 heterocycles. The summed E-state index contributed by atoms with van der Waals surface area (Å²) in [5.74, 6) is 0.397. The number of rotatable bonds is 8. The molecule has 0 saturated heterocycles. The Kier molecular flexibility index (Phi) is 7.69. The van der Waals surface area contributed by atoms with Crippen molar-refractivity contribution in [2.24, 2.45) is 0 Å². The largest absolute Gasteiger partial charge is 1.00 e. The van der Waals surface area contributed by atoms with Crippen LogP contribution < -0.4 is 44.1 Å². The van der Waals surface area contributed by atoms with E-state index < -0.39 is 11.6 Å². The predicted octanol–water partition coefficient (Wildman–Crippen LogP) is -0.126. The van der Waals surface area contributed by atoms with Gasteiger partial charge in [-0.3, -0.25) is 0 Å². The van der Waals surface area contributed by atoms with Gasteiger partial charge in [0.1, 0.15) is 23.4 Å². The maximum atomic E-state index is 11.0. The molecule has 0 radical (unpaired) electrons. The molecule has 1 aromatic heterocycles. The summed E-state index contributed by atoms with van der Waals surface area (Å²) >= 11 is 0. The third-order valence-corrected chi connectivity index (χ3v) is 3.89. The molecule has 0 aliphatic carbocycles. The first kappa shape index (κ1) is 22.0. The summed E-state index contributed by atoms with van der Waals surface area (Å²) in [6, 6.07) is 16.4. The molecule has 3 aromatic rings.